The minimum absolute atomic E-state index is 0.0661. The number of rotatable bonds is 7. The van der Waals surface area contributed by atoms with Crippen molar-refractivity contribution in [1.29, 1.82) is 0 Å². The summed E-state index contributed by atoms with van der Waals surface area (Å²) in [4.78, 5) is 2.35. The van der Waals surface area contributed by atoms with Crippen molar-refractivity contribution in [2.75, 3.05) is 13.2 Å². The third kappa shape index (κ3) is 3.92. The van der Waals surface area contributed by atoms with Crippen molar-refractivity contribution in [3.05, 3.63) is 71.8 Å². The highest BCUT2D eigenvalue weighted by molar-refractivity contribution is 5.20. The van der Waals surface area contributed by atoms with E-state index in [9.17, 15) is 5.11 Å². The lowest BCUT2D eigenvalue weighted by atomic mass is 10.0. The number of nitrogens with zero attached hydrogens (tertiary/aromatic N) is 1. The first kappa shape index (κ1) is 14.8. The topological polar surface area (TPSA) is 23.5 Å². The SMILES string of the molecule is CCCN(Cc1ccccc1)[C@H](CO)c1ccccc1. The van der Waals surface area contributed by atoms with Crippen LogP contribution in [0.15, 0.2) is 60.7 Å². The van der Waals surface area contributed by atoms with Gasteiger partial charge in [0.15, 0.2) is 0 Å². The maximum absolute atomic E-state index is 9.81. The van der Waals surface area contributed by atoms with E-state index in [4.69, 9.17) is 0 Å². The van der Waals surface area contributed by atoms with Gasteiger partial charge in [-0.05, 0) is 24.1 Å². The number of aliphatic hydroxyl groups is 1. The van der Waals surface area contributed by atoms with Crippen LogP contribution in [0.25, 0.3) is 0 Å². The van der Waals surface area contributed by atoms with E-state index in [2.05, 4.69) is 48.2 Å². The molecule has 0 aromatic heterocycles. The lowest BCUT2D eigenvalue weighted by Crippen LogP contribution is -2.31. The molecule has 0 saturated heterocycles. The van der Waals surface area contributed by atoms with Crippen molar-refractivity contribution in [2.24, 2.45) is 0 Å². The Morgan fingerprint density at radius 2 is 1.55 bits per heavy atom. The van der Waals surface area contributed by atoms with Crippen molar-refractivity contribution >= 4 is 0 Å². The quantitative estimate of drug-likeness (QED) is 0.829. The molecule has 0 aliphatic heterocycles. The Morgan fingerprint density at radius 1 is 0.950 bits per heavy atom. The van der Waals surface area contributed by atoms with Gasteiger partial charge < -0.3 is 5.11 Å². The van der Waals surface area contributed by atoms with Gasteiger partial charge in [-0.1, -0.05) is 67.6 Å². The van der Waals surface area contributed by atoms with Crippen LogP contribution in [0.5, 0.6) is 0 Å². The third-order valence-electron chi connectivity index (χ3n) is 3.54. The van der Waals surface area contributed by atoms with Crippen molar-refractivity contribution in [1.82, 2.24) is 4.90 Å². The average molecular weight is 269 g/mol. The molecule has 2 aromatic carbocycles. The Morgan fingerprint density at radius 3 is 2.10 bits per heavy atom. The Bertz CT molecular complexity index is 483. The van der Waals surface area contributed by atoms with Crippen LogP contribution >= 0.6 is 0 Å². The molecular formula is C18H23NO. The van der Waals surface area contributed by atoms with Crippen LogP contribution in [0, 0.1) is 0 Å². The fourth-order valence-corrected chi connectivity index (χ4v) is 2.56. The molecule has 0 aliphatic carbocycles. The molecule has 0 spiro atoms. The Kier molecular flexibility index (Phi) is 5.78. The smallest absolute Gasteiger partial charge is 0.0628 e. The maximum Gasteiger partial charge on any atom is 0.0628 e. The first-order valence-electron chi connectivity index (χ1n) is 7.29. The zero-order chi connectivity index (χ0) is 14.2. The normalized spacial score (nSPS) is 12.6. The summed E-state index contributed by atoms with van der Waals surface area (Å²) >= 11 is 0. The highest BCUT2D eigenvalue weighted by Crippen LogP contribution is 2.22. The molecule has 1 atom stereocenters. The van der Waals surface area contributed by atoms with Gasteiger partial charge in [-0.3, -0.25) is 4.90 Å². The van der Waals surface area contributed by atoms with Crippen LogP contribution in [0.1, 0.15) is 30.5 Å². The third-order valence-corrected chi connectivity index (χ3v) is 3.54. The second kappa shape index (κ2) is 7.83. The van der Waals surface area contributed by atoms with E-state index >= 15 is 0 Å². The second-order valence-electron chi connectivity index (χ2n) is 5.07. The molecule has 2 aromatic rings. The van der Waals surface area contributed by atoms with E-state index < -0.39 is 0 Å². The van der Waals surface area contributed by atoms with E-state index in [1.165, 1.54) is 11.1 Å². The summed E-state index contributed by atoms with van der Waals surface area (Å²) < 4.78 is 0. The molecule has 0 aliphatic rings. The van der Waals surface area contributed by atoms with E-state index in [-0.39, 0.29) is 12.6 Å². The van der Waals surface area contributed by atoms with Gasteiger partial charge in [-0.15, -0.1) is 0 Å². The maximum atomic E-state index is 9.81. The zero-order valence-corrected chi connectivity index (χ0v) is 12.1. The highest BCUT2D eigenvalue weighted by atomic mass is 16.3. The Labute approximate surface area is 121 Å². The van der Waals surface area contributed by atoms with Gasteiger partial charge in [-0.25, -0.2) is 0 Å². The lowest BCUT2D eigenvalue weighted by Gasteiger charge is -2.30. The second-order valence-corrected chi connectivity index (χ2v) is 5.07. The Balaban J connectivity index is 2.17. The monoisotopic (exact) mass is 269 g/mol. The molecule has 20 heavy (non-hydrogen) atoms. The summed E-state index contributed by atoms with van der Waals surface area (Å²) in [5, 5.41) is 9.81. The minimum atomic E-state index is 0.0661. The highest BCUT2D eigenvalue weighted by Gasteiger charge is 2.18. The van der Waals surface area contributed by atoms with Gasteiger partial charge >= 0.3 is 0 Å². The molecule has 2 nitrogen and oxygen atoms in total. The van der Waals surface area contributed by atoms with E-state index in [0.29, 0.717) is 0 Å². The van der Waals surface area contributed by atoms with Gasteiger partial charge in [0.2, 0.25) is 0 Å². The van der Waals surface area contributed by atoms with Crippen LogP contribution in [-0.4, -0.2) is 23.2 Å². The fraction of sp³-hybridized carbons (Fsp3) is 0.333. The molecular weight excluding hydrogens is 246 g/mol. The van der Waals surface area contributed by atoms with E-state index in [1.54, 1.807) is 0 Å². The largest absolute Gasteiger partial charge is 0.394 e. The first-order chi connectivity index (χ1) is 9.85. The van der Waals surface area contributed by atoms with E-state index in [0.717, 1.165) is 19.5 Å². The summed E-state index contributed by atoms with van der Waals surface area (Å²) in [7, 11) is 0. The van der Waals surface area contributed by atoms with Crippen LogP contribution < -0.4 is 0 Å². The van der Waals surface area contributed by atoms with Crippen LogP contribution in [0.3, 0.4) is 0 Å². The van der Waals surface area contributed by atoms with Gasteiger partial charge in [0.1, 0.15) is 0 Å². The summed E-state index contributed by atoms with van der Waals surface area (Å²) in [6, 6.07) is 20.8. The number of hydrogen-bond acceptors (Lipinski definition) is 2. The summed E-state index contributed by atoms with van der Waals surface area (Å²) in [6.07, 6.45) is 1.08. The fourth-order valence-electron chi connectivity index (χ4n) is 2.56. The summed E-state index contributed by atoms with van der Waals surface area (Å²) in [5.41, 5.74) is 2.47. The predicted molar refractivity (Wildman–Crippen MR) is 83.4 cm³/mol. The summed E-state index contributed by atoms with van der Waals surface area (Å²) in [6.45, 7) is 4.18. The molecule has 0 amide bonds. The van der Waals surface area contributed by atoms with Crippen molar-refractivity contribution in [3.8, 4) is 0 Å². The first-order valence-corrected chi connectivity index (χ1v) is 7.29. The van der Waals surface area contributed by atoms with Gasteiger partial charge in [0.05, 0.1) is 12.6 Å². The average Bonchev–Trinajstić information content (AvgIpc) is 2.50. The van der Waals surface area contributed by atoms with Crippen LogP contribution in [0.4, 0.5) is 0 Å². The molecule has 0 heterocycles. The molecule has 106 valence electrons. The molecule has 2 rings (SSSR count). The molecule has 0 unspecified atom stereocenters. The van der Waals surface area contributed by atoms with Gasteiger partial charge in [0, 0.05) is 6.54 Å². The molecule has 2 heteroatoms. The number of aliphatic hydroxyl groups excluding tert-OH is 1. The molecule has 0 bridgehead atoms. The standard InChI is InChI=1S/C18H23NO/c1-2-13-19(14-16-9-5-3-6-10-16)18(15-20)17-11-7-4-8-12-17/h3-12,18,20H,2,13-15H2,1H3/t18-/m1/s1. The lowest BCUT2D eigenvalue weighted by molar-refractivity contribution is 0.116. The van der Waals surface area contributed by atoms with Gasteiger partial charge in [-0.2, -0.15) is 0 Å². The van der Waals surface area contributed by atoms with E-state index in [1.807, 2.05) is 24.3 Å². The number of hydrogen-bond donors (Lipinski definition) is 1. The summed E-state index contributed by atoms with van der Waals surface area (Å²) in [5.74, 6) is 0. The zero-order valence-electron chi connectivity index (χ0n) is 12.1. The van der Waals surface area contributed by atoms with Gasteiger partial charge in [0.25, 0.3) is 0 Å². The molecule has 0 radical (unpaired) electrons. The van der Waals surface area contributed by atoms with Crippen LogP contribution in [-0.2, 0) is 6.54 Å². The molecule has 0 fully saturated rings. The van der Waals surface area contributed by atoms with Crippen molar-refractivity contribution in [3.63, 3.8) is 0 Å². The van der Waals surface area contributed by atoms with Crippen molar-refractivity contribution < 1.29 is 5.11 Å². The minimum Gasteiger partial charge on any atom is -0.394 e. The number of benzene rings is 2. The predicted octanol–water partition coefficient (Wildman–Crippen LogP) is 3.63. The molecule has 0 saturated carbocycles. The Hall–Kier alpha value is -1.64. The molecule has 1 N–H and O–H groups in total. The van der Waals surface area contributed by atoms with Crippen LogP contribution in [0.2, 0.25) is 0 Å². The van der Waals surface area contributed by atoms with Crippen molar-refractivity contribution in [2.45, 2.75) is 25.9 Å².